The van der Waals surface area contributed by atoms with E-state index in [2.05, 4.69) is 18.3 Å². The fourth-order valence-electron chi connectivity index (χ4n) is 2.27. The number of rotatable bonds is 7. The number of nitrogens with two attached hydrogens (primary N) is 1. The average Bonchev–Trinajstić information content (AvgIpc) is 3.10. The normalized spacial score (nSPS) is 11.7. The first kappa shape index (κ1) is 17.3. The standard InChI is InChI=1S/C17H20N4O3/c1-4-8-20(9-5-2)16(22)12(3)21-17(23)13(18)11-14(19-21)15-7-6-10-24-15/h4-7,10-12H,1-2,8-9,18H2,3H3. The van der Waals surface area contributed by atoms with Gasteiger partial charge in [-0.15, -0.1) is 13.2 Å². The number of nitrogens with zero attached hydrogens (tertiary/aromatic N) is 3. The highest BCUT2D eigenvalue weighted by molar-refractivity contribution is 5.80. The maximum absolute atomic E-state index is 12.7. The van der Waals surface area contributed by atoms with E-state index in [9.17, 15) is 9.59 Å². The molecule has 1 amide bonds. The minimum atomic E-state index is -0.824. The Morgan fingerprint density at radius 1 is 1.46 bits per heavy atom. The molecule has 0 radical (unpaired) electrons. The van der Waals surface area contributed by atoms with Gasteiger partial charge in [-0.05, 0) is 25.1 Å². The van der Waals surface area contributed by atoms with E-state index >= 15 is 0 Å². The molecule has 0 aromatic carbocycles. The van der Waals surface area contributed by atoms with Crippen LogP contribution in [0.25, 0.3) is 11.5 Å². The van der Waals surface area contributed by atoms with Crippen LogP contribution in [-0.2, 0) is 4.79 Å². The van der Waals surface area contributed by atoms with Crippen LogP contribution >= 0.6 is 0 Å². The quantitative estimate of drug-likeness (QED) is 0.783. The predicted octanol–water partition coefficient (Wildman–Crippen LogP) is 1.85. The molecule has 0 bridgehead atoms. The lowest BCUT2D eigenvalue weighted by Gasteiger charge is -2.24. The summed E-state index contributed by atoms with van der Waals surface area (Å²) in [6.45, 7) is 9.55. The second kappa shape index (κ2) is 7.45. The molecular formula is C17H20N4O3. The van der Waals surface area contributed by atoms with Gasteiger partial charge >= 0.3 is 0 Å². The smallest absolute Gasteiger partial charge is 0.290 e. The molecule has 2 aromatic heterocycles. The van der Waals surface area contributed by atoms with Crippen LogP contribution < -0.4 is 11.3 Å². The van der Waals surface area contributed by atoms with E-state index in [0.29, 0.717) is 24.5 Å². The van der Waals surface area contributed by atoms with E-state index in [0.717, 1.165) is 4.68 Å². The van der Waals surface area contributed by atoms with Crippen LogP contribution in [0.15, 0.2) is 59.0 Å². The molecule has 126 valence electrons. The van der Waals surface area contributed by atoms with Gasteiger partial charge < -0.3 is 15.1 Å². The molecule has 0 saturated carbocycles. The minimum Gasteiger partial charge on any atom is -0.463 e. The molecule has 24 heavy (non-hydrogen) atoms. The summed E-state index contributed by atoms with van der Waals surface area (Å²) in [7, 11) is 0. The molecule has 0 aliphatic carbocycles. The van der Waals surface area contributed by atoms with Crippen LogP contribution in [0.3, 0.4) is 0 Å². The van der Waals surface area contributed by atoms with Gasteiger partial charge in [0.05, 0.1) is 6.26 Å². The number of amides is 1. The Morgan fingerprint density at radius 3 is 2.67 bits per heavy atom. The van der Waals surface area contributed by atoms with Gasteiger partial charge in [0.25, 0.3) is 5.56 Å². The Hall–Kier alpha value is -3.09. The topological polar surface area (TPSA) is 94.4 Å². The van der Waals surface area contributed by atoms with Crippen LogP contribution in [-0.4, -0.2) is 33.7 Å². The van der Waals surface area contributed by atoms with Crippen LogP contribution in [0, 0.1) is 0 Å². The summed E-state index contributed by atoms with van der Waals surface area (Å²) in [5, 5.41) is 4.23. The number of carbonyl (C=O) groups excluding carboxylic acids is 1. The zero-order valence-electron chi connectivity index (χ0n) is 13.5. The van der Waals surface area contributed by atoms with E-state index in [4.69, 9.17) is 10.2 Å². The highest BCUT2D eigenvalue weighted by Crippen LogP contribution is 2.19. The summed E-state index contributed by atoms with van der Waals surface area (Å²) in [5.74, 6) is 0.185. The summed E-state index contributed by atoms with van der Waals surface area (Å²) >= 11 is 0. The number of anilines is 1. The molecule has 2 N–H and O–H groups in total. The summed E-state index contributed by atoms with van der Waals surface area (Å²) < 4.78 is 6.36. The number of carbonyl (C=O) groups is 1. The molecule has 0 aliphatic rings. The number of furan rings is 1. The van der Waals surface area contributed by atoms with Crippen LogP contribution in [0.4, 0.5) is 5.69 Å². The number of hydrogen-bond acceptors (Lipinski definition) is 5. The van der Waals surface area contributed by atoms with Gasteiger partial charge in [-0.2, -0.15) is 5.10 Å². The maximum atomic E-state index is 12.7. The van der Waals surface area contributed by atoms with Crippen molar-refractivity contribution >= 4 is 11.6 Å². The zero-order valence-corrected chi connectivity index (χ0v) is 13.5. The molecule has 7 nitrogen and oxygen atoms in total. The first-order valence-electron chi connectivity index (χ1n) is 7.43. The third kappa shape index (κ3) is 3.45. The van der Waals surface area contributed by atoms with E-state index in [1.54, 1.807) is 31.2 Å². The molecule has 1 atom stereocenters. The minimum absolute atomic E-state index is 0.00459. The summed E-state index contributed by atoms with van der Waals surface area (Å²) in [6, 6.07) is 4.01. The van der Waals surface area contributed by atoms with E-state index in [-0.39, 0.29) is 11.6 Å². The van der Waals surface area contributed by atoms with Crippen molar-refractivity contribution in [2.75, 3.05) is 18.8 Å². The van der Waals surface area contributed by atoms with E-state index in [1.165, 1.54) is 17.2 Å². The lowest BCUT2D eigenvalue weighted by Crippen LogP contribution is -2.41. The molecular weight excluding hydrogens is 308 g/mol. The van der Waals surface area contributed by atoms with Crippen LogP contribution in [0.2, 0.25) is 0 Å². The second-order valence-corrected chi connectivity index (χ2v) is 5.21. The number of nitrogen functional groups attached to an aromatic ring is 1. The van der Waals surface area contributed by atoms with Crippen molar-refractivity contribution in [3.05, 3.63) is 60.1 Å². The van der Waals surface area contributed by atoms with Crippen molar-refractivity contribution in [1.29, 1.82) is 0 Å². The van der Waals surface area contributed by atoms with Gasteiger partial charge in [0, 0.05) is 13.1 Å². The summed E-state index contributed by atoms with van der Waals surface area (Å²) in [4.78, 5) is 26.5. The Bertz CT molecular complexity index is 783. The van der Waals surface area contributed by atoms with Gasteiger partial charge in [-0.25, -0.2) is 4.68 Å². The van der Waals surface area contributed by atoms with Crippen molar-refractivity contribution in [3.8, 4) is 11.5 Å². The lowest BCUT2D eigenvalue weighted by molar-refractivity contribution is -0.133. The van der Waals surface area contributed by atoms with Gasteiger partial charge in [0.1, 0.15) is 17.4 Å². The highest BCUT2D eigenvalue weighted by Gasteiger charge is 2.24. The highest BCUT2D eigenvalue weighted by atomic mass is 16.3. The van der Waals surface area contributed by atoms with Gasteiger partial charge in [0.2, 0.25) is 5.91 Å². The van der Waals surface area contributed by atoms with Gasteiger partial charge in [0.15, 0.2) is 5.76 Å². The van der Waals surface area contributed by atoms with Crippen molar-refractivity contribution in [2.45, 2.75) is 13.0 Å². The molecule has 0 fully saturated rings. The van der Waals surface area contributed by atoms with Gasteiger partial charge in [-0.3, -0.25) is 9.59 Å². The largest absolute Gasteiger partial charge is 0.463 e. The summed E-state index contributed by atoms with van der Waals surface area (Å²) in [6.07, 6.45) is 4.71. The number of aromatic nitrogens is 2. The molecule has 7 heteroatoms. The third-order valence-corrected chi connectivity index (χ3v) is 3.47. The van der Waals surface area contributed by atoms with Crippen molar-refractivity contribution in [2.24, 2.45) is 0 Å². The maximum Gasteiger partial charge on any atom is 0.290 e. The van der Waals surface area contributed by atoms with Crippen molar-refractivity contribution in [3.63, 3.8) is 0 Å². The Balaban J connectivity index is 2.42. The summed E-state index contributed by atoms with van der Waals surface area (Å²) in [5.41, 5.74) is 5.64. The van der Waals surface area contributed by atoms with Crippen molar-refractivity contribution in [1.82, 2.24) is 14.7 Å². The van der Waals surface area contributed by atoms with Crippen LogP contribution in [0.5, 0.6) is 0 Å². The first-order valence-corrected chi connectivity index (χ1v) is 7.43. The average molecular weight is 328 g/mol. The molecule has 0 saturated heterocycles. The molecule has 2 heterocycles. The molecule has 0 spiro atoms. The third-order valence-electron chi connectivity index (χ3n) is 3.47. The SMILES string of the molecule is C=CCN(CC=C)C(=O)C(C)n1nc(-c2ccco2)cc(N)c1=O. The Labute approximate surface area is 139 Å². The number of hydrogen-bond donors (Lipinski definition) is 1. The van der Waals surface area contributed by atoms with Gasteiger partial charge in [-0.1, -0.05) is 12.2 Å². The van der Waals surface area contributed by atoms with E-state index < -0.39 is 11.6 Å². The van der Waals surface area contributed by atoms with E-state index in [1.807, 2.05) is 0 Å². The van der Waals surface area contributed by atoms with Crippen molar-refractivity contribution < 1.29 is 9.21 Å². The predicted molar refractivity (Wildman–Crippen MR) is 92.3 cm³/mol. The fraction of sp³-hybridized carbons (Fsp3) is 0.235. The molecule has 1 unspecified atom stereocenters. The molecule has 2 rings (SSSR count). The lowest BCUT2D eigenvalue weighted by atomic mass is 10.2. The second-order valence-electron chi connectivity index (χ2n) is 5.21. The fourth-order valence-corrected chi connectivity index (χ4v) is 2.27. The monoisotopic (exact) mass is 328 g/mol. The zero-order chi connectivity index (χ0) is 17.7. The van der Waals surface area contributed by atoms with Crippen LogP contribution in [0.1, 0.15) is 13.0 Å². The molecule has 2 aromatic rings. The Morgan fingerprint density at radius 2 is 2.12 bits per heavy atom. The first-order chi connectivity index (χ1) is 11.5. The molecule has 0 aliphatic heterocycles. The Kier molecular flexibility index (Phi) is 5.36.